The fourth-order valence-corrected chi connectivity index (χ4v) is 2.75. The third-order valence-corrected chi connectivity index (χ3v) is 4.22. The van der Waals surface area contributed by atoms with Crippen molar-refractivity contribution < 1.29 is 23.9 Å². The van der Waals surface area contributed by atoms with Crippen LogP contribution in [0.5, 0.6) is 11.5 Å². The first-order valence-electron chi connectivity index (χ1n) is 8.52. The molecule has 0 bridgehead atoms. The minimum absolute atomic E-state index is 0.00568. The van der Waals surface area contributed by atoms with Crippen LogP contribution in [-0.4, -0.2) is 37.5 Å². The minimum Gasteiger partial charge on any atom is -0.482 e. The summed E-state index contributed by atoms with van der Waals surface area (Å²) in [5.74, 6) is -0.254. The van der Waals surface area contributed by atoms with Crippen molar-refractivity contribution >= 4 is 35.0 Å². The van der Waals surface area contributed by atoms with Gasteiger partial charge < -0.3 is 14.4 Å². The van der Waals surface area contributed by atoms with Crippen LogP contribution < -0.4 is 25.2 Å². The summed E-state index contributed by atoms with van der Waals surface area (Å²) in [5, 5.41) is 0.384. The van der Waals surface area contributed by atoms with Crippen LogP contribution in [-0.2, 0) is 14.4 Å². The fraction of sp³-hybridized carbons (Fsp3) is 0.211. The first-order valence-corrected chi connectivity index (χ1v) is 8.89. The van der Waals surface area contributed by atoms with Crippen LogP contribution in [0.25, 0.3) is 0 Å². The number of carbonyl (C=O) groups is 3. The van der Waals surface area contributed by atoms with Crippen molar-refractivity contribution in [2.24, 2.45) is 0 Å². The fourth-order valence-electron chi connectivity index (χ4n) is 2.56. The highest BCUT2D eigenvalue weighted by atomic mass is 35.5. The van der Waals surface area contributed by atoms with Gasteiger partial charge in [0.25, 0.3) is 11.8 Å². The smallest absolute Gasteiger partial charge is 0.276 e. The number of rotatable bonds is 6. The van der Waals surface area contributed by atoms with Crippen LogP contribution in [0.1, 0.15) is 6.42 Å². The molecule has 2 aromatic carbocycles. The van der Waals surface area contributed by atoms with Crippen LogP contribution in [0.4, 0.5) is 5.69 Å². The van der Waals surface area contributed by atoms with Crippen LogP contribution in [0.15, 0.2) is 48.5 Å². The van der Waals surface area contributed by atoms with Crippen LogP contribution in [0, 0.1) is 0 Å². The second-order valence-electron chi connectivity index (χ2n) is 5.87. The van der Waals surface area contributed by atoms with E-state index < -0.39 is 11.8 Å². The molecule has 146 valence electrons. The van der Waals surface area contributed by atoms with E-state index in [1.54, 1.807) is 48.5 Å². The van der Waals surface area contributed by atoms with E-state index in [0.717, 1.165) is 0 Å². The molecule has 3 amide bonds. The standard InChI is InChI=1S/C19H18ClN3O5/c20-13-5-1-3-7-15(13)27-11-18(25)22-21-17(24)9-10-23-14-6-2-4-8-16(14)28-12-19(23)26/h1-8H,9-12H2,(H,21,24)(H,22,25). The molecule has 9 heteroatoms. The van der Waals surface area contributed by atoms with Crippen molar-refractivity contribution in [2.75, 3.05) is 24.7 Å². The zero-order valence-corrected chi connectivity index (χ0v) is 15.6. The molecule has 0 saturated heterocycles. The van der Waals surface area contributed by atoms with Crippen LogP contribution >= 0.6 is 11.6 Å². The van der Waals surface area contributed by atoms with Gasteiger partial charge in [0.2, 0.25) is 5.91 Å². The highest BCUT2D eigenvalue weighted by Gasteiger charge is 2.25. The highest BCUT2D eigenvalue weighted by molar-refractivity contribution is 6.32. The van der Waals surface area contributed by atoms with E-state index in [4.69, 9.17) is 21.1 Å². The Balaban J connectivity index is 1.43. The first-order chi connectivity index (χ1) is 13.5. The van der Waals surface area contributed by atoms with Crippen LogP contribution in [0.2, 0.25) is 5.02 Å². The summed E-state index contributed by atoms with van der Waals surface area (Å²) in [7, 11) is 0. The topological polar surface area (TPSA) is 97.0 Å². The van der Waals surface area contributed by atoms with E-state index >= 15 is 0 Å². The van der Waals surface area contributed by atoms with Crippen molar-refractivity contribution in [3.63, 3.8) is 0 Å². The Morgan fingerprint density at radius 3 is 2.61 bits per heavy atom. The minimum atomic E-state index is -0.541. The van der Waals surface area contributed by atoms with E-state index in [9.17, 15) is 14.4 Å². The lowest BCUT2D eigenvalue weighted by atomic mass is 10.2. The van der Waals surface area contributed by atoms with Crippen molar-refractivity contribution in [1.82, 2.24) is 10.9 Å². The average molecular weight is 404 g/mol. The zero-order valence-electron chi connectivity index (χ0n) is 14.8. The summed E-state index contributed by atoms with van der Waals surface area (Å²) in [6, 6.07) is 13.8. The third kappa shape index (κ3) is 4.92. The summed E-state index contributed by atoms with van der Waals surface area (Å²) in [6.45, 7) is -0.217. The number of amides is 3. The Labute approximate surface area is 166 Å². The second-order valence-corrected chi connectivity index (χ2v) is 6.27. The van der Waals surface area contributed by atoms with Gasteiger partial charge in [-0.2, -0.15) is 0 Å². The molecule has 2 aromatic rings. The molecule has 0 unspecified atom stereocenters. The lowest BCUT2D eigenvalue weighted by Crippen LogP contribution is -2.46. The number of para-hydroxylation sites is 3. The van der Waals surface area contributed by atoms with E-state index in [2.05, 4.69) is 10.9 Å². The maximum absolute atomic E-state index is 12.1. The molecule has 1 aliphatic heterocycles. The van der Waals surface area contributed by atoms with E-state index in [0.29, 0.717) is 22.2 Å². The number of benzene rings is 2. The number of anilines is 1. The molecule has 0 atom stereocenters. The SMILES string of the molecule is O=C(CCN1C(=O)COc2ccccc21)NNC(=O)COc1ccccc1Cl. The molecule has 0 spiro atoms. The predicted octanol–water partition coefficient (Wildman–Crippen LogP) is 1.68. The maximum Gasteiger partial charge on any atom is 0.276 e. The van der Waals surface area contributed by atoms with Crippen molar-refractivity contribution in [3.05, 3.63) is 53.6 Å². The number of fused-ring (bicyclic) bond motifs is 1. The average Bonchev–Trinajstić information content (AvgIpc) is 2.71. The molecule has 0 fully saturated rings. The van der Waals surface area contributed by atoms with Crippen molar-refractivity contribution in [2.45, 2.75) is 6.42 Å². The van der Waals surface area contributed by atoms with Gasteiger partial charge in [-0.15, -0.1) is 0 Å². The van der Waals surface area contributed by atoms with Gasteiger partial charge in [0.05, 0.1) is 10.7 Å². The van der Waals surface area contributed by atoms with E-state index in [1.165, 1.54) is 4.90 Å². The molecule has 0 aromatic heterocycles. The van der Waals surface area contributed by atoms with Gasteiger partial charge in [0, 0.05) is 13.0 Å². The van der Waals surface area contributed by atoms with Gasteiger partial charge >= 0.3 is 0 Å². The number of hydrogen-bond acceptors (Lipinski definition) is 5. The Morgan fingerprint density at radius 2 is 1.79 bits per heavy atom. The van der Waals surface area contributed by atoms with Gasteiger partial charge in [-0.1, -0.05) is 35.9 Å². The molecule has 8 nitrogen and oxygen atoms in total. The lowest BCUT2D eigenvalue weighted by Gasteiger charge is -2.29. The number of hydrazine groups is 1. The Kier molecular flexibility index (Phi) is 6.33. The molecule has 2 N–H and O–H groups in total. The van der Waals surface area contributed by atoms with Gasteiger partial charge in [-0.05, 0) is 24.3 Å². The first kappa shape index (κ1) is 19.5. The number of carbonyl (C=O) groups excluding carboxylic acids is 3. The molecular weight excluding hydrogens is 386 g/mol. The molecule has 1 heterocycles. The summed E-state index contributed by atoms with van der Waals surface area (Å²) >= 11 is 5.93. The Morgan fingerprint density at radius 1 is 1.07 bits per heavy atom. The molecule has 0 saturated carbocycles. The number of hydrogen-bond donors (Lipinski definition) is 2. The number of nitrogens with zero attached hydrogens (tertiary/aromatic N) is 1. The van der Waals surface area contributed by atoms with E-state index in [-0.39, 0.29) is 32.1 Å². The van der Waals surface area contributed by atoms with Gasteiger partial charge in [-0.25, -0.2) is 0 Å². The second kappa shape index (κ2) is 9.09. The molecule has 0 aliphatic carbocycles. The van der Waals surface area contributed by atoms with Crippen molar-refractivity contribution in [3.8, 4) is 11.5 Å². The number of halogens is 1. The van der Waals surface area contributed by atoms with Crippen molar-refractivity contribution in [1.29, 1.82) is 0 Å². The van der Waals surface area contributed by atoms with Gasteiger partial charge in [0.1, 0.15) is 11.5 Å². The molecule has 1 aliphatic rings. The third-order valence-electron chi connectivity index (χ3n) is 3.91. The summed E-state index contributed by atoms with van der Waals surface area (Å²) in [5.41, 5.74) is 5.16. The molecule has 3 rings (SSSR count). The predicted molar refractivity (Wildman–Crippen MR) is 102 cm³/mol. The summed E-state index contributed by atoms with van der Waals surface area (Å²) in [6.07, 6.45) is 0.00568. The summed E-state index contributed by atoms with van der Waals surface area (Å²) in [4.78, 5) is 37.3. The largest absolute Gasteiger partial charge is 0.482 e. The molecule has 0 radical (unpaired) electrons. The van der Waals surface area contributed by atoms with Crippen LogP contribution in [0.3, 0.4) is 0 Å². The maximum atomic E-state index is 12.1. The van der Waals surface area contributed by atoms with E-state index in [1.807, 2.05) is 0 Å². The highest BCUT2D eigenvalue weighted by Crippen LogP contribution is 2.31. The normalized spacial score (nSPS) is 12.6. The lowest BCUT2D eigenvalue weighted by molar-refractivity contribution is -0.130. The van der Waals surface area contributed by atoms with Gasteiger partial charge in [-0.3, -0.25) is 25.2 Å². The molecular formula is C19H18ClN3O5. The Hall–Kier alpha value is -3.26. The quantitative estimate of drug-likeness (QED) is 0.715. The number of ether oxygens (including phenoxy) is 2. The number of nitrogens with one attached hydrogen (secondary N) is 2. The Bertz CT molecular complexity index is 889. The summed E-state index contributed by atoms with van der Waals surface area (Å²) < 4.78 is 10.6. The van der Waals surface area contributed by atoms with Gasteiger partial charge in [0.15, 0.2) is 13.2 Å². The monoisotopic (exact) mass is 403 g/mol. The molecule has 28 heavy (non-hydrogen) atoms. The zero-order chi connectivity index (χ0) is 19.9.